The van der Waals surface area contributed by atoms with Crippen LogP contribution in [-0.2, 0) is 11.2 Å². The predicted molar refractivity (Wildman–Crippen MR) is 116 cm³/mol. The minimum absolute atomic E-state index is 0.00630. The van der Waals surface area contributed by atoms with Gasteiger partial charge in [0.25, 0.3) is 0 Å². The number of benzene rings is 2. The van der Waals surface area contributed by atoms with E-state index in [-0.39, 0.29) is 18.1 Å². The first kappa shape index (κ1) is 20.0. The molecule has 2 aromatic carbocycles. The van der Waals surface area contributed by atoms with E-state index in [2.05, 4.69) is 32.4 Å². The molecule has 1 aromatic heterocycles. The van der Waals surface area contributed by atoms with Gasteiger partial charge in [0.2, 0.25) is 5.91 Å². The molecule has 1 aliphatic rings. The molecule has 0 spiro atoms. The lowest BCUT2D eigenvalue weighted by Crippen LogP contribution is -2.44. The van der Waals surface area contributed by atoms with Gasteiger partial charge in [0.05, 0.1) is 12.1 Å². The first-order valence-corrected chi connectivity index (χ1v) is 9.99. The van der Waals surface area contributed by atoms with Crippen LogP contribution in [0.15, 0.2) is 60.7 Å². The van der Waals surface area contributed by atoms with E-state index in [1.807, 2.05) is 36.4 Å². The molecular weight excluding hydrogens is 381 g/mol. The Labute approximate surface area is 175 Å². The largest absolute Gasteiger partial charge is 0.353 e. The maximum absolute atomic E-state index is 13.7. The molecule has 30 heavy (non-hydrogen) atoms. The highest BCUT2D eigenvalue weighted by Gasteiger charge is 2.15. The van der Waals surface area contributed by atoms with Crippen LogP contribution in [0.25, 0.3) is 11.3 Å². The number of piperazine rings is 1. The van der Waals surface area contributed by atoms with Crippen LogP contribution in [0.4, 0.5) is 15.9 Å². The summed E-state index contributed by atoms with van der Waals surface area (Å²) in [6.45, 7) is 3.94. The standard InChI is InChI=1S/C23H24FN5O/c1-28-12-14-29(15-13-28)22-11-10-21(26-27-22)17-6-8-19(9-7-17)25-23(30)16-18-4-2-3-5-20(18)24/h2-11H,12-16H2,1H3,(H,25,30). The third kappa shape index (κ3) is 4.80. The number of rotatable bonds is 5. The quantitative estimate of drug-likeness (QED) is 0.706. The maximum atomic E-state index is 13.7. The Morgan fingerprint density at radius 2 is 1.70 bits per heavy atom. The molecule has 0 atom stereocenters. The summed E-state index contributed by atoms with van der Waals surface area (Å²) in [5.74, 6) is 0.259. The molecule has 1 fully saturated rings. The van der Waals surface area contributed by atoms with Gasteiger partial charge in [0.1, 0.15) is 5.82 Å². The number of carbonyl (C=O) groups is 1. The summed E-state index contributed by atoms with van der Waals surface area (Å²) in [6, 6.07) is 17.7. The Kier molecular flexibility index (Phi) is 5.99. The van der Waals surface area contributed by atoms with E-state index in [9.17, 15) is 9.18 Å². The van der Waals surface area contributed by atoms with Gasteiger partial charge in [-0.2, -0.15) is 0 Å². The highest BCUT2D eigenvalue weighted by Crippen LogP contribution is 2.21. The van der Waals surface area contributed by atoms with Crippen molar-refractivity contribution in [2.45, 2.75) is 6.42 Å². The molecule has 1 amide bonds. The molecule has 0 radical (unpaired) electrons. The molecule has 0 aliphatic carbocycles. The number of anilines is 2. The van der Waals surface area contributed by atoms with Gasteiger partial charge < -0.3 is 15.1 Å². The molecule has 0 saturated carbocycles. The summed E-state index contributed by atoms with van der Waals surface area (Å²) in [6.07, 6.45) is -0.00630. The van der Waals surface area contributed by atoms with E-state index in [0.29, 0.717) is 11.3 Å². The fourth-order valence-electron chi connectivity index (χ4n) is 3.43. The Morgan fingerprint density at radius 3 is 2.37 bits per heavy atom. The molecule has 2 heterocycles. The van der Waals surface area contributed by atoms with Crippen molar-refractivity contribution >= 4 is 17.4 Å². The minimum atomic E-state index is -0.374. The zero-order valence-corrected chi connectivity index (χ0v) is 16.9. The number of hydrogen-bond acceptors (Lipinski definition) is 5. The Hall–Kier alpha value is -3.32. The molecule has 1 aliphatic heterocycles. The molecular formula is C23H24FN5O. The molecule has 3 aromatic rings. The molecule has 6 nitrogen and oxygen atoms in total. The van der Waals surface area contributed by atoms with Crippen LogP contribution < -0.4 is 10.2 Å². The smallest absolute Gasteiger partial charge is 0.228 e. The average molecular weight is 405 g/mol. The van der Waals surface area contributed by atoms with Gasteiger partial charge >= 0.3 is 0 Å². The lowest BCUT2D eigenvalue weighted by molar-refractivity contribution is -0.115. The summed E-state index contributed by atoms with van der Waals surface area (Å²) in [5, 5.41) is 11.5. The second-order valence-corrected chi connectivity index (χ2v) is 7.46. The van der Waals surface area contributed by atoms with Gasteiger partial charge in [-0.05, 0) is 42.9 Å². The second-order valence-electron chi connectivity index (χ2n) is 7.46. The lowest BCUT2D eigenvalue weighted by Gasteiger charge is -2.32. The number of carbonyl (C=O) groups excluding carboxylic acids is 1. The van der Waals surface area contributed by atoms with Gasteiger partial charge in [-0.25, -0.2) is 4.39 Å². The van der Waals surface area contributed by atoms with Crippen molar-refractivity contribution in [3.05, 3.63) is 72.0 Å². The van der Waals surface area contributed by atoms with Crippen molar-refractivity contribution < 1.29 is 9.18 Å². The summed E-state index contributed by atoms with van der Waals surface area (Å²) < 4.78 is 13.7. The first-order valence-electron chi connectivity index (χ1n) is 9.99. The van der Waals surface area contributed by atoms with Crippen LogP contribution in [0.5, 0.6) is 0 Å². The molecule has 154 valence electrons. The lowest BCUT2D eigenvalue weighted by atomic mass is 10.1. The van der Waals surface area contributed by atoms with Gasteiger partial charge in [-0.1, -0.05) is 30.3 Å². The molecule has 0 bridgehead atoms. The normalized spacial score (nSPS) is 14.5. The number of hydrogen-bond donors (Lipinski definition) is 1. The van der Waals surface area contributed by atoms with Crippen molar-refractivity contribution in [1.82, 2.24) is 15.1 Å². The van der Waals surface area contributed by atoms with Crippen molar-refractivity contribution in [3.63, 3.8) is 0 Å². The van der Waals surface area contributed by atoms with E-state index >= 15 is 0 Å². The fraction of sp³-hybridized carbons (Fsp3) is 0.261. The van der Waals surface area contributed by atoms with E-state index in [4.69, 9.17) is 0 Å². The summed E-state index contributed by atoms with van der Waals surface area (Å²) in [7, 11) is 2.12. The summed E-state index contributed by atoms with van der Waals surface area (Å²) >= 11 is 0. The van der Waals surface area contributed by atoms with Crippen LogP contribution >= 0.6 is 0 Å². The summed E-state index contributed by atoms with van der Waals surface area (Å²) in [4.78, 5) is 16.7. The van der Waals surface area contributed by atoms with Gasteiger partial charge in [-0.15, -0.1) is 10.2 Å². The molecule has 7 heteroatoms. The highest BCUT2D eigenvalue weighted by atomic mass is 19.1. The number of aromatic nitrogens is 2. The second kappa shape index (κ2) is 9.00. The van der Waals surface area contributed by atoms with Crippen LogP contribution in [0, 0.1) is 5.82 Å². The van der Waals surface area contributed by atoms with Crippen molar-refractivity contribution in [3.8, 4) is 11.3 Å². The molecule has 1 N–H and O–H groups in total. The number of likely N-dealkylation sites (N-methyl/N-ethyl adjacent to an activating group) is 1. The molecule has 4 rings (SSSR count). The zero-order valence-electron chi connectivity index (χ0n) is 16.9. The SMILES string of the molecule is CN1CCN(c2ccc(-c3ccc(NC(=O)Cc4ccccc4F)cc3)nn2)CC1. The van der Waals surface area contributed by atoms with Crippen LogP contribution in [0.3, 0.4) is 0 Å². The number of nitrogens with one attached hydrogen (secondary N) is 1. The van der Waals surface area contributed by atoms with E-state index in [1.165, 1.54) is 6.07 Å². The number of halogens is 1. The Morgan fingerprint density at radius 1 is 0.967 bits per heavy atom. The average Bonchev–Trinajstić information content (AvgIpc) is 2.77. The number of nitrogens with zero attached hydrogens (tertiary/aromatic N) is 4. The van der Waals surface area contributed by atoms with Crippen LogP contribution in [0.1, 0.15) is 5.56 Å². The maximum Gasteiger partial charge on any atom is 0.228 e. The third-order valence-corrected chi connectivity index (χ3v) is 5.25. The van der Waals surface area contributed by atoms with Crippen LogP contribution in [0.2, 0.25) is 0 Å². The Balaban J connectivity index is 1.37. The van der Waals surface area contributed by atoms with Gasteiger partial charge in [-0.3, -0.25) is 4.79 Å². The van der Waals surface area contributed by atoms with Gasteiger partial charge in [0, 0.05) is 37.4 Å². The van der Waals surface area contributed by atoms with Crippen molar-refractivity contribution in [2.24, 2.45) is 0 Å². The fourth-order valence-corrected chi connectivity index (χ4v) is 3.43. The first-order chi connectivity index (χ1) is 14.6. The van der Waals surface area contributed by atoms with E-state index < -0.39 is 0 Å². The Bertz CT molecular complexity index is 999. The minimum Gasteiger partial charge on any atom is -0.353 e. The topological polar surface area (TPSA) is 61.4 Å². The van der Waals surface area contributed by atoms with Crippen molar-refractivity contribution in [2.75, 3.05) is 43.4 Å². The van der Waals surface area contributed by atoms with E-state index in [0.717, 1.165) is 43.3 Å². The van der Waals surface area contributed by atoms with Crippen LogP contribution in [-0.4, -0.2) is 54.2 Å². The third-order valence-electron chi connectivity index (χ3n) is 5.25. The summed E-state index contributed by atoms with van der Waals surface area (Å²) in [5.41, 5.74) is 2.72. The molecule has 1 saturated heterocycles. The van der Waals surface area contributed by atoms with Crippen molar-refractivity contribution in [1.29, 1.82) is 0 Å². The van der Waals surface area contributed by atoms with E-state index in [1.54, 1.807) is 18.2 Å². The van der Waals surface area contributed by atoms with Gasteiger partial charge in [0.15, 0.2) is 5.82 Å². The predicted octanol–water partition coefficient (Wildman–Crippen LogP) is 3.22. The monoisotopic (exact) mass is 405 g/mol. The highest BCUT2D eigenvalue weighted by molar-refractivity contribution is 5.92. The molecule has 0 unspecified atom stereocenters. The zero-order chi connectivity index (χ0) is 20.9. The number of amides is 1.